The van der Waals surface area contributed by atoms with Crippen LogP contribution in [0.2, 0.25) is 0 Å². The van der Waals surface area contributed by atoms with Crippen molar-refractivity contribution >= 4 is 36.0 Å². The Labute approximate surface area is 184 Å². The summed E-state index contributed by atoms with van der Waals surface area (Å²) >= 11 is 0. The molecule has 8 nitrogen and oxygen atoms in total. The van der Waals surface area contributed by atoms with Crippen LogP contribution in [0.15, 0.2) is 17.3 Å². The quantitative estimate of drug-likeness (QED) is 0.375. The van der Waals surface area contributed by atoms with Crippen LogP contribution in [0, 0.1) is 0 Å². The van der Waals surface area contributed by atoms with Gasteiger partial charge in [0.25, 0.3) is 0 Å². The van der Waals surface area contributed by atoms with Crippen molar-refractivity contribution in [3.8, 4) is 0 Å². The first-order chi connectivity index (χ1) is 12.8. The molecule has 2 aliphatic rings. The minimum atomic E-state index is -0.463. The molecule has 0 bridgehead atoms. The van der Waals surface area contributed by atoms with Gasteiger partial charge in [-0.3, -0.25) is 9.67 Å². The molecular weight excluding hydrogens is 471 g/mol. The number of carbonyl (C=O) groups excluding carboxylic acids is 1. The van der Waals surface area contributed by atoms with E-state index >= 15 is 0 Å². The van der Waals surface area contributed by atoms with Crippen LogP contribution in [0.3, 0.4) is 0 Å². The summed E-state index contributed by atoms with van der Waals surface area (Å²) in [5.74, 6) is 0.722. The third kappa shape index (κ3) is 6.25. The highest BCUT2D eigenvalue weighted by atomic mass is 127. The first kappa shape index (κ1) is 22.8. The first-order valence-corrected chi connectivity index (χ1v) is 9.83. The number of aromatic nitrogens is 2. The van der Waals surface area contributed by atoms with Crippen molar-refractivity contribution in [3.05, 3.63) is 18.0 Å². The highest BCUT2D eigenvalue weighted by molar-refractivity contribution is 14.0. The fraction of sp³-hybridized carbons (Fsp3) is 0.737. The molecule has 2 heterocycles. The van der Waals surface area contributed by atoms with Crippen molar-refractivity contribution in [2.75, 3.05) is 20.1 Å². The van der Waals surface area contributed by atoms with E-state index in [2.05, 4.69) is 37.7 Å². The minimum Gasteiger partial charge on any atom is -0.444 e. The van der Waals surface area contributed by atoms with E-state index in [-0.39, 0.29) is 36.1 Å². The molecule has 3 rings (SSSR count). The van der Waals surface area contributed by atoms with E-state index in [1.54, 1.807) is 11.9 Å². The number of rotatable bonds is 4. The van der Waals surface area contributed by atoms with Gasteiger partial charge in [-0.2, -0.15) is 5.10 Å². The molecule has 158 valence electrons. The molecule has 1 aromatic rings. The number of guanidine groups is 1. The molecule has 0 aromatic carbocycles. The van der Waals surface area contributed by atoms with Gasteiger partial charge in [-0.25, -0.2) is 4.79 Å². The highest BCUT2D eigenvalue weighted by Crippen LogP contribution is 2.28. The monoisotopic (exact) mass is 504 g/mol. The zero-order chi connectivity index (χ0) is 19.4. The van der Waals surface area contributed by atoms with Gasteiger partial charge in [-0.05, 0) is 39.7 Å². The number of nitrogens with one attached hydrogen (secondary N) is 2. The SMILES string of the molecule is CN=C(NCc1ccn(C2CCCC2)n1)NC1CN(C(=O)OC(C)(C)C)C1.I. The van der Waals surface area contributed by atoms with Gasteiger partial charge in [-0.1, -0.05) is 12.8 Å². The molecule has 1 aliphatic heterocycles. The van der Waals surface area contributed by atoms with E-state index in [4.69, 9.17) is 4.74 Å². The van der Waals surface area contributed by atoms with Crippen LogP contribution >= 0.6 is 24.0 Å². The molecule has 0 spiro atoms. The lowest BCUT2D eigenvalue weighted by Crippen LogP contribution is -2.63. The van der Waals surface area contributed by atoms with Gasteiger partial charge < -0.3 is 20.3 Å². The Morgan fingerprint density at radius 1 is 1.32 bits per heavy atom. The molecule has 1 saturated heterocycles. The number of hydrogen-bond acceptors (Lipinski definition) is 4. The molecule has 1 aromatic heterocycles. The lowest BCUT2D eigenvalue weighted by molar-refractivity contribution is 0.00701. The number of carbonyl (C=O) groups is 1. The van der Waals surface area contributed by atoms with E-state index < -0.39 is 5.60 Å². The molecule has 2 N–H and O–H groups in total. The van der Waals surface area contributed by atoms with Crippen LogP contribution in [-0.4, -0.2) is 58.5 Å². The van der Waals surface area contributed by atoms with Crippen LogP contribution in [0.4, 0.5) is 4.79 Å². The van der Waals surface area contributed by atoms with Crippen LogP contribution < -0.4 is 10.6 Å². The average molecular weight is 504 g/mol. The Hall–Kier alpha value is -1.52. The number of ether oxygens (including phenoxy) is 1. The third-order valence-corrected chi connectivity index (χ3v) is 4.90. The van der Waals surface area contributed by atoms with Crippen molar-refractivity contribution in [1.29, 1.82) is 0 Å². The smallest absolute Gasteiger partial charge is 0.410 e. The van der Waals surface area contributed by atoms with E-state index in [1.807, 2.05) is 20.8 Å². The van der Waals surface area contributed by atoms with Gasteiger partial charge in [0.2, 0.25) is 0 Å². The number of hydrogen-bond donors (Lipinski definition) is 2. The van der Waals surface area contributed by atoms with Crippen molar-refractivity contribution in [2.24, 2.45) is 4.99 Å². The third-order valence-electron chi connectivity index (χ3n) is 4.90. The number of likely N-dealkylation sites (tertiary alicyclic amines) is 1. The van der Waals surface area contributed by atoms with E-state index in [0.29, 0.717) is 25.7 Å². The summed E-state index contributed by atoms with van der Waals surface area (Å²) in [5.41, 5.74) is 0.545. The van der Waals surface area contributed by atoms with Crippen molar-refractivity contribution in [2.45, 2.75) is 70.7 Å². The minimum absolute atomic E-state index is 0. The number of halogens is 1. The molecule has 0 radical (unpaired) electrons. The first-order valence-electron chi connectivity index (χ1n) is 9.83. The molecular formula is C19H33IN6O2. The van der Waals surface area contributed by atoms with Gasteiger partial charge in [0, 0.05) is 26.3 Å². The predicted molar refractivity (Wildman–Crippen MR) is 120 cm³/mol. The topological polar surface area (TPSA) is 83.8 Å². The maximum atomic E-state index is 12.0. The predicted octanol–water partition coefficient (Wildman–Crippen LogP) is 2.90. The Balaban J connectivity index is 0.00000280. The molecule has 0 atom stereocenters. The van der Waals surface area contributed by atoms with Gasteiger partial charge in [0.1, 0.15) is 5.60 Å². The Morgan fingerprint density at radius 2 is 2.00 bits per heavy atom. The van der Waals surface area contributed by atoms with E-state index in [1.165, 1.54) is 25.7 Å². The second-order valence-corrected chi connectivity index (χ2v) is 8.38. The summed E-state index contributed by atoms with van der Waals surface area (Å²) in [6, 6.07) is 2.80. The molecule has 9 heteroatoms. The normalized spacial score (nSPS) is 18.4. The summed E-state index contributed by atoms with van der Waals surface area (Å²) in [5, 5.41) is 11.3. The molecule has 0 unspecified atom stereocenters. The summed E-state index contributed by atoms with van der Waals surface area (Å²) in [6.07, 6.45) is 6.88. The second kappa shape index (κ2) is 9.80. The highest BCUT2D eigenvalue weighted by Gasteiger charge is 2.34. The standard InChI is InChI=1S/C19H32N6O2.HI/c1-19(2,3)27-18(26)24-12-15(13-24)22-17(20-4)21-11-14-9-10-25(23-14)16-7-5-6-8-16;/h9-10,15-16H,5-8,11-13H2,1-4H3,(H2,20,21,22);1H. The number of amides is 1. The summed E-state index contributed by atoms with van der Waals surface area (Å²) < 4.78 is 7.48. The molecule has 2 fully saturated rings. The van der Waals surface area contributed by atoms with Crippen molar-refractivity contribution < 1.29 is 9.53 Å². The van der Waals surface area contributed by atoms with E-state index in [9.17, 15) is 4.79 Å². The maximum Gasteiger partial charge on any atom is 0.410 e. The van der Waals surface area contributed by atoms with Crippen molar-refractivity contribution in [1.82, 2.24) is 25.3 Å². The van der Waals surface area contributed by atoms with Crippen LogP contribution in [0.1, 0.15) is 58.2 Å². The summed E-state index contributed by atoms with van der Waals surface area (Å²) in [6.45, 7) is 7.49. The zero-order valence-electron chi connectivity index (χ0n) is 17.3. The Bertz CT molecular complexity index is 672. The summed E-state index contributed by atoms with van der Waals surface area (Å²) in [7, 11) is 1.75. The molecule has 1 saturated carbocycles. The number of aliphatic imine (C=N–C) groups is 1. The van der Waals surface area contributed by atoms with Gasteiger partial charge in [0.05, 0.1) is 24.3 Å². The van der Waals surface area contributed by atoms with Crippen LogP contribution in [0.5, 0.6) is 0 Å². The molecule has 1 amide bonds. The molecule has 28 heavy (non-hydrogen) atoms. The van der Waals surface area contributed by atoms with Crippen LogP contribution in [-0.2, 0) is 11.3 Å². The fourth-order valence-corrected chi connectivity index (χ4v) is 3.45. The second-order valence-electron chi connectivity index (χ2n) is 8.38. The maximum absolute atomic E-state index is 12.0. The van der Waals surface area contributed by atoms with Gasteiger partial charge in [-0.15, -0.1) is 24.0 Å². The van der Waals surface area contributed by atoms with Gasteiger partial charge >= 0.3 is 6.09 Å². The lowest BCUT2D eigenvalue weighted by atomic mass is 10.1. The zero-order valence-corrected chi connectivity index (χ0v) is 19.6. The van der Waals surface area contributed by atoms with E-state index in [0.717, 1.165) is 11.7 Å². The lowest BCUT2D eigenvalue weighted by Gasteiger charge is -2.40. The molecule has 1 aliphatic carbocycles. The number of nitrogens with zero attached hydrogens (tertiary/aromatic N) is 4. The van der Waals surface area contributed by atoms with Gasteiger partial charge in [0.15, 0.2) is 5.96 Å². The Kier molecular flexibility index (Phi) is 7.97. The van der Waals surface area contributed by atoms with Crippen LogP contribution in [0.25, 0.3) is 0 Å². The average Bonchev–Trinajstić information content (AvgIpc) is 3.22. The Morgan fingerprint density at radius 3 is 2.61 bits per heavy atom. The fourth-order valence-electron chi connectivity index (χ4n) is 3.45. The summed E-state index contributed by atoms with van der Waals surface area (Å²) in [4.78, 5) is 17.9. The van der Waals surface area contributed by atoms with Crippen molar-refractivity contribution in [3.63, 3.8) is 0 Å². The largest absolute Gasteiger partial charge is 0.444 e.